The molecule has 0 N–H and O–H groups in total. The second-order valence-electron chi connectivity index (χ2n) is 4.44. The van der Waals surface area contributed by atoms with Crippen LogP contribution in [0.15, 0.2) is 48.5 Å². The van der Waals surface area contributed by atoms with Gasteiger partial charge in [-0.3, -0.25) is 4.79 Å². The molecular formula is C17H17FO2. The molecule has 0 aliphatic carbocycles. The average Bonchev–Trinajstić information content (AvgIpc) is 2.46. The minimum absolute atomic E-state index is 0.226. The number of hydrogen-bond acceptors (Lipinski definition) is 2. The number of carbonyl (C=O) groups excluding carboxylic acids is 1. The first-order valence-electron chi connectivity index (χ1n) is 6.70. The Kier molecular flexibility index (Phi) is 4.88. The van der Waals surface area contributed by atoms with E-state index in [0.29, 0.717) is 25.0 Å². The van der Waals surface area contributed by atoms with Gasteiger partial charge in [0, 0.05) is 12.0 Å². The fraction of sp³-hybridized carbons (Fsp3) is 0.235. The summed E-state index contributed by atoms with van der Waals surface area (Å²) in [6.07, 6.45) is 0.850. The zero-order chi connectivity index (χ0) is 14.4. The Bertz CT molecular complexity index is 593. The van der Waals surface area contributed by atoms with Gasteiger partial charge in [0.2, 0.25) is 0 Å². The number of ether oxygens (including phenoxy) is 1. The molecule has 0 aromatic heterocycles. The van der Waals surface area contributed by atoms with Crippen molar-refractivity contribution in [2.45, 2.75) is 19.8 Å². The molecule has 20 heavy (non-hydrogen) atoms. The van der Waals surface area contributed by atoms with Crippen LogP contribution in [-0.2, 0) is 16.0 Å². The molecule has 0 saturated carbocycles. The maximum absolute atomic E-state index is 13.9. The van der Waals surface area contributed by atoms with Crippen LogP contribution in [0.2, 0.25) is 0 Å². The Morgan fingerprint density at radius 1 is 1.05 bits per heavy atom. The van der Waals surface area contributed by atoms with Gasteiger partial charge in [-0.25, -0.2) is 4.39 Å². The van der Waals surface area contributed by atoms with Crippen LogP contribution < -0.4 is 0 Å². The molecule has 0 heterocycles. The lowest BCUT2D eigenvalue weighted by atomic mass is 9.96. The van der Waals surface area contributed by atoms with Gasteiger partial charge in [0.15, 0.2) is 0 Å². The first-order valence-corrected chi connectivity index (χ1v) is 6.70. The van der Waals surface area contributed by atoms with E-state index in [1.54, 1.807) is 25.1 Å². The van der Waals surface area contributed by atoms with Crippen LogP contribution in [0.5, 0.6) is 0 Å². The van der Waals surface area contributed by atoms with E-state index in [1.165, 1.54) is 6.07 Å². The summed E-state index contributed by atoms with van der Waals surface area (Å²) in [6.45, 7) is 2.17. The summed E-state index contributed by atoms with van der Waals surface area (Å²) in [4.78, 5) is 11.4. The molecule has 2 aromatic carbocycles. The van der Waals surface area contributed by atoms with Gasteiger partial charge < -0.3 is 4.74 Å². The number of halogens is 1. The summed E-state index contributed by atoms with van der Waals surface area (Å²) in [5, 5.41) is 0. The minimum Gasteiger partial charge on any atom is -0.466 e. The first kappa shape index (κ1) is 14.3. The monoisotopic (exact) mass is 272 g/mol. The number of esters is 1. The molecule has 0 saturated heterocycles. The van der Waals surface area contributed by atoms with Crippen molar-refractivity contribution in [3.8, 4) is 11.1 Å². The highest BCUT2D eigenvalue weighted by atomic mass is 19.1. The van der Waals surface area contributed by atoms with Crippen LogP contribution in [0.3, 0.4) is 0 Å². The van der Waals surface area contributed by atoms with Crippen molar-refractivity contribution in [1.29, 1.82) is 0 Å². The van der Waals surface area contributed by atoms with E-state index in [9.17, 15) is 9.18 Å². The molecule has 2 rings (SSSR count). The average molecular weight is 272 g/mol. The standard InChI is InChI=1S/C17H17FO2/c1-2-20-17(19)12-11-13-7-3-4-8-14(13)15-9-5-6-10-16(15)18/h3-10H,2,11-12H2,1H3. The zero-order valence-corrected chi connectivity index (χ0v) is 11.4. The molecule has 0 aliphatic rings. The van der Waals surface area contributed by atoms with Gasteiger partial charge in [-0.15, -0.1) is 0 Å². The molecule has 0 atom stereocenters. The normalized spacial score (nSPS) is 10.3. The highest BCUT2D eigenvalue weighted by Gasteiger charge is 2.10. The van der Waals surface area contributed by atoms with Gasteiger partial charge in [-0.2, -0.15) is 0 Å². The van der Waals surface area contributed by atoms with Gasteiger partial charge in [-0.1, -0.05) is 42.5 Å². The van der Waals surface area contributed by atoms with Crippen LogP contribution in [0.1, 0.15) is 18.9 Å². The number of aryl methyl sites for hydroxylation is 1. The first-order chi connectivity index (χ1) is 9.72. The number of benzene rings is 2. The topological polar surface area (TPSA) is 26.3 Å². The SMILES string of the molecule is CCOC(=O)CCc1ccccc1-c1ccccc1F. The van der Waals surface area contributed by atoms with E-state index in [0.717, 1.165) is 11.1 Å². The van der Waals surface area contributed by atoms with Gasteiger partial charge >= 0.3 is 5.97 Å². The van der Waals surface area contributed by atoms with Crippen LogP contribution >= 0.6 is 0 Å². The molecule has 0 aliphatic heterocycles. The van der Waals surface area contributed by atoms with Gasteiger partial charge in [0.25, 0.3) is 0 Å². The maximum Gasteiger partial charge on any atom is 0.306 e. The maximum atomic E-state index is 13.9. The molecule has 0 spiro atoms. The lowest BCUT2D eigenvalue weighted by Crippen LogP contribution is -2.05. The smallest absolute Gasteiger partial charge is 0.306 e. The van der Waals surface area contributed by atoms with Gasteiger partial charge in [0.1, 0.15) is 5.82 Å². The Hall–Kier alpha value is -2.16. The summed E-state index contributed by atoms with van der Waals surface area (Å²) in [5.74, 6) is -0.480. The lowest BCUT2D eigenvalue weighted by Gasteiger charge is -2.10. The van der Waals surface area contributed by atoms with Crippen molar-refractivity contribution in [2.24, 2.45) is 0 Å². The largest absolute Gasteiger partial charge is 0.466 e. The molecular weight excluding hydrogens is 255 g/mol. The molecule has 2 aromatic rings. The van der Waals surface area contributed by atoms with E-state index >= 15 is 0 Å². The van der Waals surface area contributed by atoms with Crippen molar-refractivity contribution in [3.05, 3.63) is 59.9 Å². The number of carbonyl (C=O) groups is 1. The molecule has 0 amide bonds. The van der Waals surface area contributed by atoms with Gasteiger partial charge in [0.05, 0.1) is 6.61 Å². The molecule has 2 nitrogen and oxygen atoms in total. The molecule has 3 heteroatoms. The number of rotatable bonds is 5. The Morgan fingerprint density at radius 2 is 1.70 bits per heavy atom. The van der Waals surface area contributed by atoms with Crippen molar-refractivity contribution >= 4 is 5.97 Å². The summed E-state index contributed by atoms with van der Waals surface area (Å²) in [7, 11) is 0. The van der Waals surface area contributed by atoms with Crippen LogP contribution in [0, 0.1) is 5.82 Å². The molecule has 0 unspecified atom stereocenters. The third-order valence-electron chi connectivity index (χ3n) is 3.09. The third-order valence-corrected chi connectivity index (χ3v) is 3.09. The van der Waals surface area contributed by atoms with E-state index in [-0.39, 0.29) is 11.8 Å². The molecule has 0 fully saturated rings. The predicted molar refractivity (Wildman–Crippen MR) is 76.8 cm³/mol. The van der Waals surface area contributed by atoms with Gasteiger partial charge in [-0.05, 0) is 30.5 Å². The van der Waals surface area contributed by atoms with E-state index in [2.05, 4.69) is 0 Å². The Morgan fingerprint density at radius 3 is 2.40 bits per heavy atom. The van der Waals surface area contributed by atoms with E-state index < -0.39 is 0 Å². The summed E-state index contributed by atoms with van der Waals surface area (Å²) >= 11 is 0. The summed E-state index contributed by atoms with van der Waals surface area (Å²) < 4.78 is 18.8. The summed E-state index contributed by atoms with van der Waals surface area (Å²) in [6, 6.07) is 14.2. The van der Waals surface area contributed by atoms with Crippen LogP contribution in [0.25, 0.3) is 11.1 Å². The molecule has 104 valence electrons. The van der Waals surface area contributed by atoms with E-state index in [4.69, 9.17) is 4.74 Å². The Balaban J connectivity index is 2.23. The van der Waals surface area contributed by atoms with Crippen LogP contribution in [-0.4, -0.2) is 12.6 Å². The van der Waals surface area contributed by atoms with E-state index in [1.807, 2.05) is 24.3 Å². The number of hydrogen-bond donors (Lipinski definition) is 0. The van der Waals surface area contributed by atoms with Crippen molar-refractivity contribution in [2.75, 3.05) is 6.61 Å². The van der Waals surface area contributed by atoms with Crippen molar-refractivity contribution in [1.82, 2.24) is 0 Å². The van der Waals surface area contributed by atoms with Crippen LogP contribution in [0.4, 0.5) is 4.39 Å². The molecule has 0 radical (unpaired) electrons. The lowest BCUT2D eigenvalue weighted by molar-refractivity contribution is -0.143. The fourth-order valence-electron chi connectivity index (χ4n) is 2.15. The van der Waals surface area contributed by atoms with Crippen molar-refractivity contribution < 1.29 is 13.9 Å². The predicted octanol–water partition coefficient (Wildman–Crippen LogP) is 3.99. The second kappa shape index (κ2) is 6.85. The quantitative estimate of drug-likeness (QED) is 0.769. The fourth-order valence-corrected chi connectivity index (χ4v) is 2.15. The highest BCUT2D eigenvalue weighted by Crippen LogP contribution is 2.27. The Labute approximate surface area is 118 Å². The summed E-state index contributed by atoms with van der Waals surface area (Å²) in [5.41, 5.74) is 2.34. The second-order valence-corrected chi connectivity index (χ2v) is 4.44. The highest BCUT2D eigenvalue weighted by molar-refractivity contribution is 5.72. The molecule has 0 bridgehead atoms. The zero-order valence-electron chi connectivity index (χ0n) is 11.4. The minimum atomic E-state index is -0.254. The third kappa shape index (κ3) is 3.44. The van der Waals surface area contributed by atoms with Crippen molar-refractivity contribution in [3.63, 3.8) is 0 Å².